The van der Waals surface area contributed by atoms with Crippen molar-refractivity contribution in [3.05, 3.63) is 62.1 Å². The van der Waals surface area contributed by atoms with E-state index in [4.69, 9.17) is 28.3 Å². The Bertz CT molecular complexity index is 729. The molecule has 0 bridgehead atoms. The first-order valence-corrected chi connectivity index (χ1v) is 6.84. The monoisotopic (exact) mass is 340 g/mol. The normalized spacial score (nSPS) is 10.3. The van der Waals surface area contributed by atoms with Crippen LogP contribution >= 0.6 is 23.2 Å². The molecule has 114 valence electrons. The molecule has 0 spiro atoms. The second kappa shape index (κ2) is 6.64. The number of nitrogens with zero attached hydrogens (tertiary/aromatic N) is 1. The summed E-state index contributed by atoms with van der Waals surface area (Å²) in [5.74, 6) is -1.10. The van der Waals surface area contributed by atoms with Gasteiger partial charge in [0.1, 0.15) is 0 Å². The van der Waals surface area contributed by atoms with Crippen LogP contribution in [0.3, 0.4) is 0 Å². The van der Waals surface area contributed by atoms with Gasteiger partial charge in [-0.3, -0.25) is 14.9 Å². The summed E-state index contributed by atoms with van der Waals surface area (Å²) < 4.78 is 0. The molecule has 0 aliphatic carbocycles. The van der Waals surface area contributed by atoms with Crippen molar-refractivity contribution in [3.63, 3.8) is 0 Å². The summed E-state index contributed by atoms with van der Waals surface area (Å²) in [6.07, 6.45) is -0.369. The summed E-state index contributed by atoms with van der Waals surface area (Å²) in [5.41, 5.74) is 0.874. The minimum atomic E-state index is -1.10. The lowest BCUT2D eigenvalue weighted by Crippen LogP contribution is -2.05. The molecule has 0 amide bonds. The van der Waals surface area contributed by atoms with E-state index in [-0.39, 0.29) is 17.7 Å². The number of carboxylic acids is 1. The molecule has 0 saturated heterocycles. The fourth-order valence-corrected chi connectivity index (χ4v) is 2.37. The van der Waals surface area contributed by atoms with Crippen LogP contribution in [0, 0.1) is 10.1 Å². The summed E-state index contributed by atoms with van der Waals surface area (Å²) >= 11 is 12.1. The molecule has 0 aliphatic heterocycles. The van der Waals surface area contributed by atoms with Crippen molar-refractivity contribution in [1.82, 2.24) is 0 Å². The number of carbonyl (C=O) groups is 1. The predicted octanol–water partition coefficient (Wildman–Crippen LogP) is 4.27. The molecule has 2 aromatic rings. The molecular formula is C14H10Cl2N2O4. The summed E-state index contributed by atoms with van der Waals surface area (Å²) in [6.45, 7) is 0. The maximum atomic E-state index is 10.9. The molecule has 2 rings (SSSR count). The third kappa shape index (κ3) is 3.66. The van der Waals surface area contributed by atoms with E-state index < -0.39 is 10.9 Å². The molecule has 0 radical (unpaired) electrons. The van der Waals surface area contributed by atoms with Crippen molar-refractivity contribution in [2.45, 2.75) is 6.42 Å². The summed E-state index contributed by atoms with van der Waals surface area (Å²) in [7, 11) is 0. The number of nitro benzene ring substituents is 1. The number of non-ortho nitro benzene ring substituents is 1. The predicted molar refractivity (Wildman–Crippen MR) is 84.2 cm³/mol. The van der Waals surface area contributed by atoms with Gasteiger partial charge >= 0.3 is 5.97 Å². The zero-order valence-corrected chi connectivity index (χ0v) is 12.6. The third-order valence-electron chi connectivity index (χ3n) is 2.86. The van der Waals surface area contributed by atoms with E-state index in [1.54, 1.807) is 18.2 Å². The van der Waals surface area contributed by atoms with Gasteiger partial charge in [-0.2, -0.15) is 0 Å². The number of hydrogen-bond acceptors (Lipinski definition) is 4. The Morgan fingerprint density at radius 1 is 1.23 bits per heavy atom. The zero-order chi connectivity index (χ0) is 16.3. The van der Waals surface area contributed by atoms with Crippen molar-refractivity contribution in [1.29, 1.82) is 0 Å². The lowest BCUT2D eigenvalue weighted by Gasteiger charge is -2.13. The Hall–Kier alpha value is -2.31. The maximum Gasteiger partial charge on any atom is 0.307 e. The molecule has 0 unspecified atom stereocenters. The SMILES string of the molecule is O=C(O)Cc1cc([N+](=O)[O-])ccc1Nc1c(Cl)cccc1Cl. The van der Waals surface area contributed by atoms with E-state index in [9.17, 15) is 14.9 Å². The molecule has 2 aromatic carbocycles. The quantitative estimate of drug-likeness (QED) is 0.626. The Morgan fingerprint density at radius 2 is 1.86 bits per heavy atom. The first-order valence-electron chi connectivity index (χ1n) is 6.08. The number of aliphatic carboxylic acids is 1. The molecule has 0 atom stereocenters. The Kier molecular flexibility index (Phi) is 4.85. The number of halogens is 2. The number of para-hydroxylation sites is 1. The van der Waals surface area contributed by atoms with Crippen molar-refractivity contribution >= 4 is 46.2 Å². The minimum Gasteiger partial charge on any atom is -0.481 e. The van der Waals surface area contributed by atoms with Gasteiger partial charge in [0, 0.05) is 17.8 Å². The lowest BCUT2D eigenvalue weighted by molar-refractivity contribution is -0.384. The third-order valence-corrected chi connectivity index (χ3v) is 3.49. The van der Waals surface area contributed by atoms with E-state index in [1.807, 2.05) is 0 Å². The standard InChI is InChI=1S/C14H10Cl2N2O4/c15-10-2-1-3-11(16)14(10)17-12-5-4-9(18(21)22)6-8(12)7-13(19)20/h1-6,17H,7H2,(H,19,20). The van der Waals surface area contributed by atoms with E-state index in [1.165, 1.54) is 18.2 Å². The highest BCUT2D eigenvalue weighted by atomic mass is 35.5. The summed E-state index contributed by atoms with van der Waals surface area (Å²) in [5, 5.41) is 23.4. The van der Waals surface area contributed by atoms with Gasteiger partial charge in [-0.15, -0.1) is 0 Å². The highest BCUT2D eigenvalue weighted by molar-refractivity contribution is 6.39. The van der Waals surface area contributed by atoms with Crippen molar-refractivity contribution < 1.29 is 14.8 Å². The van der Waals surface area contributed by atoms with Crippen molar-refractivity contribution in [2.24, 2.45) is 0 Å². The van der Waals surface area contributed by atoms with Gasteiger partial charge in [0.25, 0.3) is 5.69 Å². The number of nitro groups is 1. The number of nitrogens with one attached hydrogen (secondary N) is 1. The van der Waals surface area contributed by atoms with E-state index in [0.717, 1.165) is 0 Å². The molecule has 6 nitrogen and oxygen atoms in total. The van der Waals surface area contributed by atoms with Crippen LogP contribution in [0.15, 0.2) is 36.4 Å². The van der Waals surface area contributed by atoms with Crippen LogP contribution in [0.1, 0.15) is 5.56 Å². The molecule has 8 heteroatoms. The minimum absolute atomic E-state index is 0.188. The van der Waals surface area contributed by atoms with Gasteiger partial charge in [-0.1, -0.05) is 29.3 Å². The first-order chi connectivity index (χ1) is 10.4. The number of anilines is 2. The molecule has 0 aromatic heterocycles. The average molecular weight is 341 g/mol. The molecule has 0 fully saturated rings. The van der Waals surface area contributed by atoms with Crippen LogP contribution in [0.2, 0.25) is 10.0 Å². The molecular weight excluding hydrogens is 331 g/mol. The molecule has 0 saturated carbocycles. The summed E-state index contributed by atoms with van der Waals surface area (Å²) in [6, 6.07) is 8.83. The van der Waals surface area contributed by atoms with Crippen LogP contribution in [-0.2, 0) is 11.2 Å². The lowest BCUT2D eigenvalue weighted by atomic mass is 10.1. The Morgan fingerprint density at radius 3 is 2.41 bits per heavy atom. The van der Waals surface area contributed by atoms with Crippen LogP contribution in [0.4, 0.5) is 17.1 Å². The molecule has 0 aliphatic rings. The van der Waals surface area contributed by atoms with Crippen LogP contribution in [-0.4, -0.2) is 16.0 Å². The first kappa shape index (κ1) is 16.1. The maximum absolute atomic E-state index is 10.9. The smallest absolute Gasteiger partial charge is 0.307 e. The number of benzene rings is 2. The molecule has 0 heterocycles. The summed E-state index contributed by atoms with van der Waals surface area (Å²) in [4.78, 5) is 21.2. The van der Waals surface area contributed by atoms with Gasteiger partial charge in [0.15, 0.2) is 0 Å². The second-order valence-corrected chi connectivity index (χ2v) is 5.21. The Labute approximate surface area is 135 Å². The van der Waals surface area contributed by atoms with Crippen LogP contribution < -0.4 is 5.32 Å². The van der Waals surface area contributed by atoms with Gasteiger partial charge in [0.05, 0.1) is 27.1 Å². The highest BCUT2D eigenvalue weighted by Gasteiger charge is 2.15. The van der Waals surface area contributed by atoms with E-state index in [0.29, 0.717) is 21.4 Å². The fourth-order valence-electron chi connectivity index (χ4n) is 1.88. The van der Waals surface area contributed by atoms with Gasteiger partial charge in [-0.25, -0.2) is 0 Å². The van der Waals surface area contributed by atoms with Crippen molar-refractivity contribution in [2.75, 3.05) is 5.32 Å². The number of carboxylic acid groups (broad SMARTS) is 1. The fraction of sp³-hybridized carbons (Fsp3) is 0.0714. The number of rotatable bonds is 5. The van der Waals surface area contributed by atoms with E-state index in [2.05, 4.69) is 5.32 Å². The topological polar surface area (TPSA) is 92.5 Å². The van der Waals surface area contributed by atoms with Gasteiger partial charge < -0.3 is 10.4 Å². The van der Waals surface area contributed by atoms with Gasteiger partial charge in [0.2, 0.25) is 0 Å². The largest absolute Gasteiger partial charge is 0.481 e. The van der Waals surface area contributed by atoms with E-state index >= 15 is 0 Å². The van der Waals surface area contributed by atoms with Crippen molar-refractivity contribution in [3.8, 4) is 0 Å². The Balaban J connectivity index is 2.45. The molecule has 2 N–H and O–H groups in total. The highest BCUT2D eigenvalue weighted by Crippen LogP contribution is 2.34. The zero-order valence-electron chi connectivity index (χ0n) is 11.0. The average Bonchev–Trinajstić information content (AvgIpc) is 2.43. The van der Waals surface area contributed by atoms with Crippen LogP contribution in [0.25, 0.3) is 0 Å². The number of hydrogen-bond donors (Lipinski definition) is 2. The molecule has 22 heavy (non-hydrogen) atoms. The van der Waals surface area contributed by atoms with Gasteiger partial charge in [-0.05, 0) is 23.8 Å². The second-order valence-electron chi connectivity index (χ2n) is 4.39. The van der Waals surface area contributed by atoms with Crippen LogP contribution in [0.5, 0.6) is 0 Å².